The number of aliphatic hydroxyl groups excluding tert-OH is 1. The summed E-state index contributed by atoms with van der Waals surface area (Å²) in [6.45, 7) is 0. The van der Waals surface area contributed by atoms with Gasteiger partial charge in [0.05, 0.1) is 13.2 Å². The Morgan fingerprint density at radius 3 is 3.12 bits per heavy atom. The molecule has 0 saturated carbocycles. The number of hydrogen-bond acceptors (Lipinski definition) is 3. The SMILES string of the molecule is COc1cccnc1C1=CC(O)CCCC1. The molecule has 86 valence electrons. The third-order valence-corrected chi connectivity index (χ3v) is 2.88. The van der Waals surface area contributed by atoms with E-state index in [1.807, 2.05) is 18.2 Å². The van der Waals surface area contributed by atoms with Crippen LogP contribution in [-0.4, -0.2) is 23.3 Å². The van der Waals surface area contributed by atoms with E-state index in [0.717, 1.165) is 42.7 Å². The first-order chi connectivity index (χ1) is 7.81. The lowest BCUT2D eigenvalue weighted by Gasteiger charge is -2.10. The van der Waals surface area contributed by atoms with Crippen LogP contribution in [0.4, 0.5) is 0 Å². The monoisotopic (exact) mass is 219 g/mol. The highest BCUT2D eigenvalue weighted by Crippen LogP contribution is 2.30. The van der Waals surface area contributed by atoms with Gasteiger partial charge in [-0.25, -0.2) is 0 Å². The number of allylic oxidation sites excluding steroid dienone is 1. The minimum absolute atomic E-state index is 0.343. The predicted octanol–water partition coefficient (Wildman–Crippen LogP) is 2.41. The number of aliphatic hydroxyl groups is 1. The minimum Gasteiger partial charge on any atom is -0.494 e. The normalized spacial score (nSPS) is 21.1. The molecule has 1 atom stereocenters. The first-order valence-electron chi connectivity index (χ1n) is 5.69. The molecule has 1 aliphatic rings. The van der Waals surface area contributed by atoms with Crippen molar-refractivity contribution in [3.63, 3.8) is 0 Å². The quantitative estimate of drug-likeness (QED) is 0.830. The summed E-state index contributed by atoms with van der Waals surface area (Å²) in [5, 5.41) is 9.74. The standard InChI is InChI=1S/C13H17NO2/c1-16-12-7-4-8-14-13(12)10-5-2-3-6-11(15)9-10/h4,7-9,11,15H,2-3,5-6H2,1H3. The fourth-order valence-corrected chi connectivity index (χ4v) is 2.06. The topological polar surface area (TPSA) is 42.4 Å². The molecule has 0 bridgehead atoms. The summed E-state index contributed by atoms with van der Waals surface area (Å²) in [6, 6.07) is 3.76. The number of methoxy groups -OCH3 is 1. The Balaban J connectivity index is 2.34. The van der Waals surface area contributed by atoms with Crippen molar-refractivity contribution in [3.05, 3.63) is 30.1 Å². The third kappa shape index (κ3) is 2.42. The van der Waals surface area contributed by atoms with Crippen molar-refractivity contribution in [2.75, 3.05) is 7.11 Å². The average Bonchev–Trinajstić information content (AvgIpc) is 2.54. The number of pyridine rings is 1. The van der Waals surface area contributed by atoms with Crippen LogP contribution in [0.15, 0.2) is 24.4 Å². The van der Waals surface area contributed by atoms with E-state index in [4.69, 9.17) is 4.74 Å². The zero-order valence-electron chi connectivity index (χ0n) is 9.52. The Labute approximate surface area is 95.8 Å². The van der Waals surface area contributed by atoms with Crippen molar-refractivity contribution in [1.29, 1.82) is 0 Å². The van der Waals surface area contributed by atoms with Gasteiger partial charge in [-0.15, -0.1) is 0 Å². The van der Waals surface area contributed by atoms with E-state index in [9.17, 15) is 5.11 Å². The molecule has 0 aliphatic heterocycles. The van der Waals surface area contributed by atoms with Crippen LogP contribution < -0.4 is 4.74 Å². The zero-order chi connectivity index (χ0) is 11.4. The first-order valence-corrected chi connectivity index (χ1v) is 5.69. The Kier molecular flexibility index (Phi) is 3.57. The molecule has 1 aromatic rings. The van der Waals surface area contributed by atoms with E-state index in [-0.39, 0.29) is 6.10 Å². The van der Waals surface area contributed by atoms with Gasteiger partial charge in [0, 0.05) is 6.20 Å². The lowest BCUT2D eigenvalue weighted by atomic mass is 10.1. The van der Waals surface area contributed by atoms with Crippen LogP contribution in [0.5, 0.6) is 5.75 Å². The number of ether oxygens (including phenoxy) is 1. The van der Waals surface area contributed by atoms with Crippen LogP contribution in [0, 0.1) is 0 Å². The van der Waals surface area contributed by atoms with E-state index >= 15 is 0 Å². The maximum absolute atomic E-state index is 9.74. The maximum Gasteiger partial charge on any atom is 0.144 e. The molecular weight excluding hydrogens is 202 g/mol. The molecule has 1 aliphatic carbocycles. The molecule has 3 heteroatoms. The molecule has 1 aromatic heterocycles. The number of nitrogens with zero attached hydrogens (tertiary/aromatic N) is 1. The van der Waals surface area contributed by atoms with E-state index in [1.54, 1.807) is 13.3 Å². The summed E-state index contributed by atoms with van der Waals surface area (Å²) in [7, 11) is 1.65. The van der Waals surface area contributed by atoms with E-state index < -0.39 is 0 Å². The van der Waals surface area contributed by atoms with E-state index in [2.05, 4.69) is 4.98 Å². The maximum atomic E-state index is 9.74. The van der Waals surface area contributed by atoms with Crippen LogP contribution in [0.25, 0.3) is 5.57 Å². The fraction of sp³-hybridized carbons (Fsp3) is 0.462. The molecule has 16 heavy (non-hydrogen) atoms. The van der Waals surface area contributed by atoms with Crippen LogP contribution in [0.3, 0.4) is 0 Å². The molecule has 0 saturated heterocycles. The molecule has 1 N–H and O–H groups in total. The van der Waals surface area contributed by atoms with Crippen LogP contribution in [0.2, 0.25) is 0 Å². The summed E-state index contributed by atoms with van der Waals surface area (Å²) in [5.41, 5.74) is 1.97. The molecule has 1 heterocycles. The summed E-state index contributed by atoms with van der Waals surface area (Å²) >= 11 is 0. The van der Waals surface area contributed by atoms with Crippen molar-refractivity contribution < 1.29 is 9.84 Å². The van der Waals surface area contributed by atoms with Gasteiger partial charge < -0.3 is 9.84 Å². The van der Waals surface area contributed by atoms with Gasteiger partial charge >= 0.3 is 0 Å². The van der Waals surface area contributed by atoms with Gasteiger partial charge in [0.2, 0.25) is 0 Å². The smallest absolute Gasteiger partial charge is 0.144 e. The molecule has 3 nitrogen and oxygen atoms in total. The number of aromatic nitrogens is 1. The second-order valence-electron chi connectivity index (χ2n) is 4.06. The van der Waals surface area contributed by atoms with Gasteiger partial charge in [-0.05, 0) is 37.0 Å². The Morgan fingerprint density at radius 2 is 2.31 bits per heavy atom. The molecule has 0 spiro atoms. The number of hydrogen-bond donors (Lipinski definition) is 1. The van der Waals surface area contributed by atoms with E-state index in [1.165, 1.54) is 0 Å². The van der Waals surface area contributed by atoms with Crippen LogP contribution in [0.1, 0.15) is 31.4 Å². The van der Waals surface area contributed by atoms with Crippen molar-refractivity contribution in [2.24, 2.45) is 0 Å². The van der Waals surface area contributed by atoms with Crippen molar-refractivity contribution in [1.82, 2.24) is 4.98 Å². The minimum atomic E-state index is -0.343. The van der Waals surface area contributed by atoms with Crippen molar-refractivity contribution in [3.8, 4) is 5.75 Å². The van der Waals surface area contributed by atoms with Gasteiger partial charge in [-0.2, -0.15) is 0 Å². The molecule has 0 amide bonds. The molecule has 0 radical (unpaired) electrons. The van der Waals surface area contributed by atoms with Crippen LogP contribution in [-0.2, 0) is 0 Å². The van der Waals surface area contributed by atoms with Gasteiger partial charge in [-0.3, -0.25) is 4.98 Å². The first kappa shape index (κ1) is 11.1. The van der Waals surface area contributed by atoms with E-state index in [0.29, 0.717) is 0 Å². The van der Waals surface area contributed by atoms with Gasteiger partial charge in [0.25, 0.3) is 0 Å². The molecule has 0 aromatic carbocycles. The highest BCUT2D eigenvalue weighted by Gasteiger charge is 2.14. The Hall–Kier alpha value is -1.35. The second kappa shape index (κ2) is 5.12. The summed E-state index contributed by atoms with van der Waals surface area (Å²) in [5.74, 6) is 0.780. The lowest BCUT2D eigenvalue weighted by Crippen LogP contribution is -2.01. The highest BCUT2D eigenvalue weighted by atomic mass is 16.5. The predicted molar refractivity (Wildman–Crippen MR) is 63.2 cm³/mol. The third-order valence-electron chi connectivity index (χ3n) is 2.88. The molecular formula is C13H17NO2. The highest BCUT2D eigenvalue weighted by molar-refractivity contribution is 5.68. The number of rotatable bonds is 2. The molecule has 2 rings (SSSR count). The summed E-state index contributed by atoms with van der Waals surface area (Å²) in [4.78, 5) is 4.34. The van der Waals surface area contributed by atoms with Gasteiger partial charge in [-0.1, -0.05) is 12.5 Å². The molecule has 0 fully saturated rings. The Morgan fingerprint density at radius 1 is 1.44 bits per heavy atom. The molecule has 1 unspecified atom stereocenters. The van der Waals surface area contributed by atoms with Crippen molar-refractivity contribution in [2.45, 2.75) is 31.8 Å². The lowest BCUT2D eigenvalue weighted by molar-refractivity contribution is 0.211. The fourth-order valence-electron chi connectivity index (χ4n) is 2.06. The Bertz CT molecular complexity index is 387. The average molecular weight is 219 g/mol. The zero-order valence-corrected chi connectivity index (χ0v) is 9.52. The van der Waals surface area contributed by atoms with Gasteiger partial charge in [0.15, 0.2) is 0 Å². The van der Waals surface area contributed by atoms with Gasteiger partial charge in [0.1, 0.15) is 11.4 Å². The summed E-state index contributed by atoms with van der Waals surface area (Å²) in [6.07, 6.45) is 7.31. The largest absolute Gasteiger partial charge is 0.494 e. The van der Waals surface area contributed by atoms with Crippen molar-refractivity contribution >= 4 is 5.57 Å². The summed E-state index contributed by atoms with van der Waals surface area (Å²) < 4.78 is 5.29. The van der Waals surface area contributed by atoms with Crippen LogP contribution >= 0.6 is 0 Å². The second-order valence-corrected chi connectivity index (χ2v) is 4.06.